The highest BCUT2D eigenvalue weighted by molar-refractivity contribution is 5.68. The molecule has 0 radical (unpaired) electrons. The summed E-state index contributed by atoms with van der Waals surface area (Å²) in [6.07, 6.45) is 9.75. The van der Waals surface area contributed by atoms with Gasteiger partial charge in [-0.15, -0.1) is 0 Å². The van der Waals surface area contributed by atoms with E-state index in [0.29, 0.717) is 0 Å². The topological polar surface area (TPSA) is 29.0 Å². The third kappa shape index (κ3) is 2.72. The van der Waals surface area contributed by atoms with Gasteiger partial charge in [0.2, 0.25) is 0 Å². The zero-order valence-corrected chi connectivity index (χ0v) is 11.8. The zero-order chi connectivity index (χ0) is 13.8. The van der Waals surface area contributed by atoms with Gasteiger partial charge in [0, 0.05) is 25.5 Å². The molecule has 2 heterocycles. The van der Waals surface area contributed by atoms with Gasteiger partial charge in [-0.3, -0.25) is 4.98 Å². The van der Waals surface area contributed by atoms with Crippen LogP contribution in [-0.4, -0.2) is 23.1 Å². The number of hydrogen-bond acceptors (Lipinski definition) is 3. The lowest BCUT2D eigenvalue weighted by Crippen LogP contribution is -2.29. The highest BCUT2D eigenvalue weighted by Gasteiger charge is 2.14. The van der Waals surface area contributed by atoms with E-state index in [1.54, 1.807) is 12.4 Å². The summed E-state index contributed by atoms with van der Waals surface area (Å²) in [6, 6.07) is 8.93. The zero-order valence-electron chi connectivity index (χ0n) is 11.8. The van der Waals surface area contributed by atoms with Crippen LogP contribution >= 0.6 is 0 Å². The molecule has 0 N–H and O–H groups in total. The molecule has 0 atom stereocenters. The molecule has 0 fully saturated rings. The lowest BCUT2D eigenvalue weighted by Gasteiger charge is -2.27. The van der Waals surface area contributed by atoms with Crippen LogP contribution in [0.2, 0.25) is 0 Å². The Morgan fingerprint density at radius 3 is 2.60 bits per heavy atom. The summed E-state index contributed by atoms with van der Waals surface area (Å²) < 4.78 is 0. The van der Waals surface area contributed by atoms with E-state index in [9.17, 15) is 0 Å². The first-order valence-corrected chi connectivity index (χ1v) is 7.16. The van der Waals surface area contributed by atoms with Crippen LogP contribution in [0, 0.1) is 0 Å². The fraction of sp³-hybridized carbons (Fsp3) is 0.294. The number of anilines is 1. The summed E-state index contributed by atoms with van der Waals surface area (Å²) in [5, 5.41) is 0. The molecule has 1 aromatic carbocycles. The highest BCUT2D eigenvalue weighted by atomic mass is 15.2. The first-order chi connectivity index (χ1) is 9.86. The first-order valence-electron chi connectivity index (χ1n) is 7.16. The first kappa shape index (κ1) is 12.9. The van der Waals surface area contributed by atoms with Crippen LogP contribution in [-0.2, 0) is 6.42 Å². The largest absolute Gasteiger partial charge is 0.351 e. The van der Waals surface area contributed by atoms with Crippen LogP contribution < -0.4 is 4.90 Å². The van der Waals surface area contributed by atoms with Crippen molar-refractivity contribution in [3.05, 3.63) is 60.1 Å². The molecular formula is C17H19N3. The number of nitrogens with zero attached hydrogens (tertiary/aromatic N) is 3. The van der Waals surface area contributed by atoms with Crippen molar-refractivity contribution < 1.29 is 0 Å². The van der Waals surface area contributed by atoms with Crippen LogP contribution in [0.1, 0.15) is 24.5 Å². The van der Waals surface area contributed by atoms with Gasteiger partial charge in [-0.25, -0.2) is 4.98 Å². The lowest BCUT2D eigenvalue weighted by molar-refractivity contribution is 0.812. The van der Waals surface area contributed by atoms with Crippen molar-refractivity contribution in [1.29, 1.82) is 0 Å². The van der Waals surface area contributed by atoms with Crippen LogP contribution in [0.5, 0.6) is 0 Å². The molecule has 3 rings (SSSR count). The molecule has 2 aromatic rings. The molecule has 0 amide bonds. The highest BCUT2D eigenvalue weighted by Crippen LogP contribution is 2.24. The van der Waals surface area contributed by atoms with Gasteiger partial charge in [0.25, 0.3) is 0 Å². The number of hydrogen-bond donors (Lipinski definition) is 0. The average molecular weight is 265 g/mol. The average Bonchev–Trinajstić information content (AvgIpc) is 2.56. The standard InChI is InChI=1S/C17H19N3/c1-2-14-3-5-15(6-4-14)16-7-11-20(12-8-16)17-13-18-9-10-19-17/h3-7,9-10,13H,2,8,11-12H2,1H3. The number of rotatable bonds is 3. The summed E-state index contributed by atoms with van der Waals surface area (Å²) in [4.78, 5) is 10.7. The summed E-state index contributed by atoms with van der Waals surface area (Å²) in [5.74, 6) is 0.962. The van der Waals surface area contributed by atoms with E-state index in [-0.39, 0.29) is 0 Å². The minimum Gasteiger partial charge on any atom is -0.351 e. The van der Waals surface area contributed by atoms with Crippen molar-refractivity contribution in [2.24, 2.45) is 0 Å². The fourth-order valence-corrected chi connectivity index (χ4v) is 2.55. The second-order valence-electron chi connectivity index (χ2n) is 5.04. The maximum absolute atomic E-state index is 4.36. The molecule has 3 heteroatoms. The van der Waals surface area contributed by atoms with E-state index in [2.05, 4.69) is 52.1 Å². The molecule has 0 saturated carbocycles. The summed E-state index contributed by atoms with van der Waals surface area (Å²) >= 11 is 0. The van der Waals surface area contributed by atoms with Gasteiger partial charge in [0.1, 0.15) is 5.82 Å². The molecule has 1 aromatic heterocycles. The molecule has 0 aliphatic carbocycles. The minimum atomic E-state index is 0.906. The number of aryl methyl sites for hydroxylation is 1. The Labute approximate surface area is 120 Å². The van der Waals surface area contributed by atoms with Gasteiger partial charge in [0.05, 0.1) is 6.20 Å². The second-order valence-corrected chi connectivity index (χ2v) is 5.04. The molecular weight excluding hydrogens is 246 g/mol. The fourth-order valence-electron chi connectivity index (χ4n) is 2.55. The van der Waals surface area contributed by atoms with Crippen molar-refractivity contribution in [3.63, 3.8) is 0 Å². The molecule has 0 unspecified atom stereocenters. The minimum absolute atomic E-state index is 0.906. The molecule has 0 saturated heterocycles. The summed E-state index contributed by atoms with van der Waals surface area (Å²) in [5.41, 5.74) is 4.18. The van der Waals surface area contributed by atoms with Crippen LogP contribution in [0.25, 0.3) is 5.57 Å². The number of benzene rings is 1. The second kappa shape index (κ2) is 5.87. The number of aromatic nitrogens is 2. The smallest absolute Gasteiger partial charge is 0.147 e. The Balaban J connectivity index is 1.73. The van der Waals surface area contributed by atoms with Gasteiger partial charge in [-0.05, 0) is 29.5 Å². The summed E-state index contributed by atoms with van der Waals surface area (Å²) in [6.45, 7) is 4.09. The summed E-state index contributed by atoms with van der Waals surface area (Å²) in [7, 11) is 0. The van der Waals surface area contributed by atoms with Crippen molar-refractivity contribution in [2.45, 2.75) is 19.8 Å². The molecule has 102 valence electrons. The Morgan fingerprint density at radius 2 is 2.00 bits per heavy atom. The van der Waals surface area contributed by atoms with Crippen molar-refractivity contribution in [3.8, 4) is 0 Å². The van der Waals surface area contributed by atoms with Gasteiger partial charge >= 0.3 is 0 Å². The van der Waals surface area contributed by atoms with Crippen LogP contribution in [0.15, 0.2) is 48.9 Å². The Kier molecular flexibility index (Phi) is 3.77. The Morgan fingerprint density at radius 1 is 1.15 bits per heavy atom. The van der Waals surface area contributed by atoms with E-state index in [0.717, 1.165) is 31.7 Å². The predicted octanol–water partition coefficient (Wildman–Crippen LogP) is 3.33. The van der Waals surface area contributed by atoms with E-state index < -0.39 is 0 Å². The van der Waals surface area contributed by atoms with Gasteiger partial charge in [-0.1, -0.05) is 37.3 Å². The van der Waals surface area contributed by atoms with Crippen molar-refractivity contribution in [2.75, 3.05) is 18.0 Å². The predicted molar refractivity (Wildman–Crippen MR) is 82.7 cm³/mol. The van der Waals surface area contributed by atoms with Crippen molar-refractivity contribution >= 4 is 11.4 Å². The normalized spacial score (nSPS) is 15.1. The van der Waals surface area contributed by atoms with Crippen molar-refractivity contribution in [1.82, 2.24) is 9.97 Å². The Bertz CT molecular complexity index is 587. The monoisotopic (exact) mass is 265 g/mol. The van der Waals surface area contributed by atoms with Gasteiger partial charge in [-0.2, -0.15) is 0 Å². The van der Waals surface area contributed by atoms with E-state index in [1.807, 2.05) is 6.20 Å². The van der Waals surface area contributed by atoms with Gasteiger partial charge < -0.3 is 4.90 Å². The molecule has 3 nitrogen and oxygen atoms in total. The van der Waals surface area contributed by atoms with Gasteiger partial charge in [0.15, 0.2) is 0 Å². The Hall–Kier alpha value is -2.16. The van der Waals surface area contributed by atoms with E-state index in [1.165, 1.54) is 16.7 Å². The van der Waals surface area contributed by atoms with Crippen LogP contribution in [0.4, 0.5) is 5.82 Å². The third-order valence-electron chi connectivity index (χ3n) is 3.82. The molecule has 20 heavy (non-hydrogen) atoms. The van der Waals surface area contributed by atoms with E-state index >= 15 is 0 Å². The van der Waals surface area contributed by atoms with E-state index in [4.69, 9.17) is 0 Å². The van der Waals surface area contributed by atoms with Crippen LogP contribution in [0.3, 0.4) is 0 Å². The quantitative estimate of drug-likeness (QED) is 0.852. The molecule has 1 aliphatic heterocycles. The molecule has 0 bridgehead atoms. The third-order valence-corrected chi connectivity index (χ3v) is 3.82. The maximum Gasteiger partial charge on any atom is 0.147 e. The maximum atomic E-state index is 4.36. The molecule has 1 aliphatic rings. The molecule has 0 spiro atoms. The SMILES string of the molecule is CCc1ccc(C2=CCN(c3cnccn3)CC2)cc1. The lowest BCUT2D eigenvalue weighted by atomic mass is 9.98.